The fourth-order valence-corrected chi connectivity index (χ4v) is 3.40. The van der Waals surface area contributed by atoms with Gasteiger partial charge in [-0.25, -0.2) is 0 Å². The number of fused-ring (bicyclic) bond motifs is 1. The maximum Gasteiger partial charge on any atom is 0.0723 e. The lowest BCUT2D eigenvalue weighted by Crippen LogP contribution is -2.22. The van der Waals surface area contributed by atoms with E-state index in [1.54, 1.807) is 0 Å². The topological polar surface area (TPSA) is 21.3 Å². The standard InChI is InChI=1S/C17H18BrNO/c1-19-17(12-5-3-2-4-6-12)15-10-14(18)9-13-7-8-20-11-16(13)15/h2-6,9-10,17,19H,7-8,11H2,1H3. The zero-order valence-corrected chi connectivity index (χ0v) is 13.1. The quantitative estimate of drug-likeness (QED) is 0.922. The molecule has 0 aliphatic carbocycles. The molecule has 3 rings (SSSR count). The summed E-state index contributed by atoms with van der Waals surface area (Å²) >= 11 is 3.64. The first-order chi connectivity index (χ1) is 9.79. The normalized spacial score (nSPS) is 15.7. The van der Waals surface area contributed by atoms with Gasteiger partial charge in [-0.3, -0.25) is 0 Å². The van der Waals surface area contributed by atoms with Crippen LogP contribution < -0.4 is 5.32 Å². The molecule has 0 fully saturated rings. The molecule has 2 aromatic carbocycles. The Hall–Kier alpha value is -1.16. The molecular weight excluding hydrogens is 314 g/mol. The van der Waals surface area contributed by atoms with Gasteiger partial charge in [-0.1, -0.05) is 46.3 Å². The van der Waals surface area contributed by atoms with Crippen LogP contribution in [-0.2, 0) is 17.8 Å². The Morgan fingerprint density at radius 2 is 2.00 bits per heavy atom. The number of halogens is 1. The zero-order chi connectivity index (χ0) is 13.9. The molecule has 0 amide bonds. The van der Waals surface area contributed by atoms with Crippen molar-refractivity contribution < 1.29 is 4.74 Å². The van der Waals surface area contributed by atoms with Crippen LogP contribution in [0.15, 0.2) is 46.9 Å². The molecule has 0 radical (unpaired) electrons. The Balaban J connectivity index is 2.10. The van der Waals surface area contributed by atoms with E-state index in [1.165, 1.54) is 22.3 Å². The highest BCUT2D eigenvalue weighted by molar-refractivity contribution is 9.10. The molecule has 0 bridgehead atoms. The number of hydrogen-bond acceptors (Lipinski definition) is 2. The molecular formula is C17H18BrNO. The molecule has 2 nitrogen and oxygen atoms in total. The number of ether oxygens (including phenoxy) is 1. The highest BCUT2D eigenvalue weighted by atomic mass is 79.9. The first-order valence-corrected chi connectivity index (χ1v) is 7.70. The van der Waals surface area contributed by atoms with Crippen molar-refractivity contribution in [2.75, 3.05) is 13.7 Å². The fraction of sp³-hybridized carbons (Fsp3) is 0.294. The smallest absolute Gasteiger partial charge is 0.0723 e. The fourth-order valence-electron chi connectivity index (χ4n) is 2.88. The van der Waals surface area contributed by atoms with Crippen molar-refractivity contribution in [1.82, 2.24) is 5.32 Å². The van der Waals surface area contributed by atoms with Gasteiger partial charge in [0.25, 0.3) is 0 Å². The van der Waals surface area contributed by atoms with Crippen molar-refractivity contribution in [1.29, 1.82) is 0 Å². The molecule has 2 aromatic rings. The van der Waals surface area contributed by atoms with E-state index in [9.17, 15) is 0 Å². The Morgan fingerprint density at radius 3 is 2.75 bits per heavy atom. The number of hydrogen-bond donors (Lipinski definition) is 1. The first kappa shape index (κ1) is 13.8. The maximum absolute atomic E-state index is 5.66. The summed E-state index contributed by atoms with van der Waals surface area (Å²) in [5, 5.41) is 3.44. The average Bonchev–Trinajstić information content (AvgIpc) is 2.49. The van der Waals surface area contributed by atoms with Crippen molar-refractivity contribution in [3.05, 3.63) is 69.2 Å². The van der Waals surface area contributed by atoms with E-state index in [0.29, 0.717) is 6.61 Å². The van der Waals surface area contributed by atoms with E-state index in [4.69, 9.17) is 4.74 Å². The van der Waals surface area contributed by atoms with Gasteiger partial charge >= 0.3 is 0 Å². The van der Waals surface area contributed by atoms with Gasteiger partial charge in [-0.2, -0.15) is 0 Å². The van der Waals surface area contributed by atoms with Crippen molar-refractivity contribution in [2.24, 2.45) is 0 Å². The van der Waals surface area contributed by atoms with Gasteiger partial charge in [-0.15, -0.1) is 0 Å². The van der Waals surface area contributed by atoms with Crippen LogP contribution in [0.2, 0.25) is 0 Å². The molecule has 1 unspecified atom stereocenters. The van der Waals surface area contributed by atoms with Crippen LogP contribution in [-0.4, -0.2) is 13.7 Å². The molecule has 20 heavy (non-hydrogen) atoms. The monoisotopic (exact) mass is 331 g/mol. The lowest BCUT2D eigenvalue weighted by molar-refractivity contribution is 0.109. The summed E-state index contributed by atoms with van der Waals surface area (Å²) in [5.74, 6) is 0. The van der Waals surface area contributed by atoms with Crippen molar-refractivity contribution in [3.63, 3.8) is 0 Å². The van der Waals surface area contributed by atoms with Gasteiger partial charge in [0.2, 0.25) is 0 Å². The Kier molecular flexibility index (Phi) is 4.20. The predicted octanol–water partition coefficient (Wildman–Crippen LogP) is 3.83. The summed E-state index contributed by atoms with van der Waals surface area (Å²) in [5.41, 5.74) is 5.32. The zero-order valence-electron chi connectivity index (χ0n) is 11.5. The second-order valence-electron chi connectivity index (χ2n) is 5.07. The molecule has 104 valence electrons. The SMILES string of the molecule is CNC(c1ccccc1)c1cc(Br)cc2c1COCC2. The molecule has 1 atom stereocenters. The highest BCUT2D eigenvalue weighted by Gasteiger charge is 2.21. The summed E-state index contributed by atoms with van der Waals surface area (Å²) in [6.45, 7) is 1.53. The van der Waals surface area contributed by atoms with Crippen molar-refractivity contribution in [3.8, 4) is 0 Å². The van der Waals surface area contributed by atoms with E-state index < -0.39 is 0 Å². The molecule has 0 saturated heterocycles. The van der Waals surface area contributed by atoms with E-state index in [0.717, 1.165) is 17.5 Å². The molecule has 1 aliphatic heterocycles. The molecule has 0 saturated carbocycles. The largest absolute Gasteiger partial charge is 0.376 e. The summed E-state index contributed by atoms with van der Waals surface area (Å²) in [6.07, 6.45) is 0.993. The molecule has 1 heterocycles. The second kappa shape index (κ2) is 6.08. The summed E-state index contributed by atoms with van der Waals surface area (Å²) < 4.78 is 6.81. The third-order valence-electron chi connectivity index (χ3n) is 3.84. The summed E-state index contributed by atoms with van der Waals surface area (Å²) in [4.78, 5) is 0. The van der Waals surface area contributed by atoms with Crippen LogP contribution >= 0.6 is 15.9 Å². The van der Waals surface area contributed by atoms with E-state index in [2.05, 4.69) is 63.7 Å². The third-order valence-corrected chi connectivity index (χ3v) is 4.29. The molecule has 1 aliphatic rings. The van der Waals surface area contributed by atoms with Gasteiger partial charge < -0.3 is 10.1 Å². The summed E-state index contributed by atoms with van der Waals surface area (Å²) in [7, 11) is 2.01. The van der Waals surface area contributed by atoms with Crippen LogP contribution in [0.25, 0.3) is 0 Å². The van der Waals surface area contributed by atoms with Gasteiger partial charge in [0.1, 0.15) is 0 Å². The summed E-state index contributed by atoms with van der Waals surface area (Å²) in [6, 6.07) is 15.2. The van der Waals surface area contributed by atoms with E-state index in [1.807, 2.05) is 7.05 Å². The van der Waals surface area contributed by atoms with Crippen LogP contribution in [0, 0.1) is 0 Å². The van der Waals surface area contributed by atoms with E-state index >= 15 is 0 Å². The van der Waals surface area contributed by atoms with Gasteiger partial charge in [0.05, 0.1) is 19.3 Å². The van der Waals surface area contributed by atoms with Crippen LogP contribution in [0.1, 0.15) is 28.3 Å². The minimum absolute atomic E-state index is 0.198. The minimum Gasteiger partial charge on any atom is -0.376 e. The average molecular weight is 332 g/mol. The minimum atomic E-state index is 0.198. The second-order valence-corrected chi connectivity index (χ2v) is 5.98. The van der Waals surface area contributed by atoms with Crippen LogP contribution in [0.5, 0.6) is 0 Å². The third kappa shape index (κ3) is 2.66. The maximum atomic E-state index is 5.66. The lowest BCUT2D eigenvalue weighted by Gasteiger charge is -2.26. The molecule has 0 aromatic heterocycles. The van der Waals surface area contributed by atoms with Crippen LogP contribution in [0.3, 0.4) is 0 Å². The lowest BCUT2D eigenvalue weighted by atomic mass is 9.90. The molecule has 3 heteroatoms. The first-order valence-electron chi connectivity index (χ1n) is 6.90. The number of rotatable bonds is 3. The van der Waals surface area contributed by atoms with E-state index in [-0.39, 0.29) is 6.04 Å². The Bertz CT molecular complexity index is 597. The predicted molar refractivity (Wildman–Crippen MR) is 84.8 cm³/mol. The van der Waals surface area contributed by atoms with Crippen molar-refractivity contribution >= 4 is 15.9 Å². The number of nitrogens with one attached hydrogen (secondary N) is 1. The van der Waals surface area contributed by atoms with Gasteiger partial charge in [0, 0.05) is 4.47 Å². The van der Waals surface area contributed by atoms with Gasteiger partial charge in [-0.05, 0) is 47.9 Å². The van der Waals surface area contributed by atoms with Crippen LogP contribution in [0.4, 0.5) is 0 Å². The van der Waals surface area contributed by atoms with Gasteiger partial charge in [0.15, 0.2) is 0 Å². The van der Waals surface area contributed by atoms with Crippen molar-refractivity contribution in [2.45, 2.75) is 19.1 Å². The Labute approximate surface area is 128 Å². The number of benzene rings is 2. The Morgan fingerprint density at radius 1 is 1.20 bits per heavy atom. The molecule has 1 N–H and O–H groups in total. The highest BCUT2D eigenvalue weighted by Crippen LogP contribution is 2.32. The molecule has 0 spiro atoms.